The molecule has 7 unspecified atom stereocenters. The van der Waals surface area contributed by atoms with Crippen molar-refractivity contribution in [2.24, 2.45) is 28.6 Å². The molecule has 3 saturated carbocycles. The third-order valence-corrected chi connectivity index (χ3v) is 9.00. The van der Waals surface area contributed by atoms with Crippen LogP contribution in [0.2, 0.25) is 0 Å². The van der Waals surface area contributed by atoms with Gasteiger partial charge < -0.3 is 14.6 Å². The number of ether oxygens (including phenoxy) is 2. The highest BCUT2D eigenvalue weighted by molar-refractivity contribution is 5.98. The molecule has 1 N–H and O–H groups in total. The molecule has 33 heavy (non-hydrogen) atoms. The van der Waals surface area contributed by atoms with Crippen molar-refractivity contribution in [3.05, 3.63) is 11.6 Å². The largest absolute Gasteiger partial charge is 0.458 e. The summed E-state index contributed by atoms with van der Waals surface area (Å²) < 4.78 is 10.1. The Morgan fingerprint density at radius 2 is 1.82 bits per heavy atom. The monoisotopic (exact) mass is 460 g/mol. The van der Waals surface area contributed by atoms with Gasteiger partial charge in [0.25, 0.3) is 0 Å². The Hall–Kier alpha value is -2.35. The molecule has 4 aliphatic rings. The molecule has 8 heteroatoms. The minimum absolute atomic E-state index is 0.0379. The van der Waals surface area contributed by atoms with Crippen molar-refractivity contribution < 1.29 is 38.6 Å². The lowest BCUT2D eigenvalue weighted by atomic mass is 9.45. The summed E-state index contributed by atoms with van der Waals surface area (Å²) in [6.07, 6.45) is 3.12. The number of hydrogen-bond acceptors (Lipinski definition) is 8. The molecule has 0 bridgehead atoms. The molecule has 0 saturated heterocycles. The predicted molar refractivity (Wildman–Crippen MR) is 115 cm³/mol. The van der Waals surface area contributed by atoms with Crippen LogP contribution in [0.5, 0.6) is 0 Å². The first-order valence-corrected chi connectivity index (χ1v) is 11.7. The molecule has 0 aliphatic heterocycles. The van der Waals surface area contributed by atoms with Crippen LogP contribution in [0.4, 0.5) is 0 Å². The fourth-order valence-corrected chi connectivity index (χ4v) is 7.48. The van der Waals surface area contributed by atoms with Crippen molar-refractivity contribution in [1.29, 1.82) is 0 Å². The molecule has 0 aromatic carbocycles. The fraction of sp³-hybridized carbons (Fsp3) is 0.720. The van der Waals surface area contributed by atoms with E-state index in [1.807, 2.05) is 13.8 Å². The van der Waals surface area contributed by atoms with Gasteiger partial charge in [0.15, 0.2) is 18.5 Å². The highest BCUT2D eigenvalue weighted by Crippen LogP contribution is 2.66. The summed E-state index contributed by atoms with van der Waals surface area (Å²) >= 11 is 0. The molecule has 0 amide bonds. The second-order valence-electron chi connectivity index (χ2n) is 10.7. The van der Waals surface area contributed by atoms with Crippen LogP contribution in [0.3, 0.4) is 0 Å². The Morgan fingerprint density at radius 1 is 1.12 bits per heavy atom. The lowest BCUT2D eigenvalue weighted by Crippen LogP contribution is -2.61. The summed E-state index contributed by atoms with van der Waals surface area (Å²) in [5.74, 6) is -2.45. The van der Waals surface area contributed by atoms with Gasteiger partial charge in [-0.05, 0) is 43.6 Å². The SMILES string of the molecule is CC(=O)OCC(=O)C1(O)CCC2C3CCC4=CC(=O)C(OC(C)=O)CC4(C)C3C(=O)CC21C. The quantitative estimate of drug-likeness (QED) is 0.633. The number of esters is 2. The summed E-state index contributed by atoms with van der Waals surface area (Å²) in [4.78, 5) is 61.9. The fourth-order valence-electron chi connectivity index (χ4n) is 7.48. The first-order chi connectivity index (χ1) is 15.3. The first-order valence-electron chi connectivity index (χ1n) is 11.7. The van der Waals surface area contributed by atoms with E-state index in [4.69, 9.17) is 9.47 Å². The predicted octanol–water partition coefficient (Wildman–Crippen LogP) is 2.10. The number of hydrogen-bond donors (Lipinski definition) is 1. The second-order valence-corrected chi connectivity index (χ2v) is 10.7. The number of Topliss-reactive ketones (excluding diaryl/α,β-unsaturated/α-hetero) is 2. The summed E-state index contributed by atoms with van der Waals surface area (Å²) in [5, 5.41) is 11.5. The number of allylic oxidation sites excluding steroid dienone is 1. The van der Waals surface area contributed by atoms with E-state index in [1.165, 1.54) is 13.8 Å². The van der Waals surface area contributed by atoms with Crippen molar-refractivity contribution in [1.82, 2.24) is 0 Å². The van der Waals surface area contributed by atoms with Gasteiger partial charge >= 0.3 is 11.9 Å². The van der Waals surface area contributed by atoms with E-state index >= 15 is 0 Å². The zero-order valence-electron chi connectivity index (χ0n) is 19.6. The second kappa shape index (κ2) is 7.86. The summed E-state index contributed by atoms with van der Waals surface area (Å²) in [7, 11) is 0. The minimum Gasteiger partial charge on any atom is -0.458 e. The molecule has 0 heterocycles. The first kappa shape index (κ1) is 23.8. The lowest BCUT2D eigenvalue weighted by molar-refractivity contribution is -0.175. The van der Waals surface area contributed by atoms with Gasteiger partial charge in [-0.15, -0.1) is 0 Å². The van der Waals surface area contributed by atoms with Gasteiger partial charge in [0, 0.05) is 43.4 Å². The molecule has 4 rings (SSSR count). The third kappa shape index (κ3) is 3.49. The Balaban J connectivity index is 1.66. The summed E-state index contributed by atoms with van der Waals surface area (Å²) in [6.45, 7) is 5.75. The van der Waals surface area contributed by atoms with Gasteiger partial charge in [-0.25, -0.2) is 0 Å². The molecule has 3 fully saturated rings. The van der Waals surface area contributed by atoms with Gasteiger partial charge in [0.1, 0.15) is 11.4 Å². The number of aliphatic hydroxyl groups is 1. The van der Waals surface area contributed by atoms with Crippen molar-refractivity contribution >= 4 is 29.3 Å². The maximum Gasteiger partial charge on any atom is 0.303 e. The zero-order chi connectivity index (χ0) is 24.3. The van der Waals surface area contributed by atoms with Crippen molar-refractivity contribution in [2.75, 3.05) is 6.61 Å². The Labute approximate surface area is 193 Å². The van der Waals surface area contributed by atoms with Crippen LogP contribution in [0.15, 0.2) is 11.6 Å². The standard InChI is InChI=1S/C25H32O8/c1-13(26)32-12-21(30)25(31)8-7-17-16-6-5-15-9-18(28)20(33-14(2)27)11-23(15,3)22(16)19(29)10-24(17,25)4/h9,16-17,20,22,31H,5-8,10-12H2,1-4H3. The number of carbonyl (C=O) groups is 5. The van der Waals surface area contributed by atoms with Gasteiger partial charge in [0.2, 0.25) is 5.78 Å². The number of fused-ring (bicyclic) bond motifs is 5. The van der Waals surface area contributed by atoms with E-state index in [0.29, 0.717) is 19.3 Å². The normalized spacial score (nSPS) is 41.9. The molecule has 8 nitrogen and oxygen atoms in total. The Kier molecular flexibility index (Phi) is 5.67. The summed E-state index contributed by atoms with van der Waals surface area (Å²) in [6, 6.07) is 0. The molecule has 7 atom stereocenters. The highest BCUT2D eigenvalue weighted by atomic mass is 16.5. The van der Waals surface area contributed by atoms with Gasteiger partial charge in [0.05, 0.1) is 0 Å². The average molecular weight is 461 g/mol. The molecule has 0 radical (unpaired) electrons. The Morgan fingerprint density at radius 3 is 2.45 bits per heavy atom. The number of rotatable bonds is 4. The van der Waals surface area contributed by atoms with Gasteiger partial charge in [-0.3, -0.25) is 24.0 Å². The topological polar surface area (TPSA) is 124 Å². The van der Waals surface area contributed by atoms with Crippen LogP contribution in [0.25, 0.3) is 0 Å². The highest BCUT2D eigenvalue weighted by Gasteiger charge is 2.68. The van der Waals surface area contributed by atoms with E-state index < -0.39 is 46.9 Å². The average Bonchev–Trinajstić information content (AvgIpc) is 2.98. The maximum absolute atomic E-state index is 13.7. The van der Waals surface area contributed by atoms with Crippen LogP contribution < -0.4 is 0 Å². The molecule has 4 aliphatic carbocycles. The molecule has 0 spiro atoms. The molecule has 180 valence electrons. The molecule has 0 aromatic heterocycles. The molecular formula is C25H32O8. The third-order valence-electron chi connectivity index (χ3n) is 9.00. The van der Waals surface area contributed by atoms with Crippen molar-refractivity contribution in [3.8, 4) is 0 Å². The number of ketones is 3. The van der Waals surface area contributed by atoms with Crippen LogP contribution in [0.1, 0.15) is 66.2 Å². The lowest BCUT2D eigenvalue weighted by Gasteiger charge is -2.58. The Bertz CT molecular complexity index is 965. The minimum atomic E-state index is -1.73. The van der Waals surface area contributed by atoms with Crippen LogP contribution in [0, 0.1) is 28.6 Å². The van der Waals surface area contributed by atoms with Gasteiger partial charge in [-0.2, -0.15) is 0 Å². The molecule has 0 aromatic rings. The van der Waals surface area contributed by atoms with E-state index in [1.54, 1.807) is 6.08 Å². The van der Waals surface area contributed by atoms with E-state index in [2.05, 4.69) is 0 Å². The summed E-state index contributed by atoms with van der Waals surface area (Å²) in [5.41, 5.74) is -2.36. The van der Waals surface area contributed by atoms with E-state index in [0.717, 1.165) is 5.57 Å². The van der Waals surface area contributed by atoms with Crippen LogP contribution in [-0.2, 0) is 33.4 Å². The van der Waals surface area contributed by atoms with Crippen LogP contribution in [-0.4, -0.2) is 52.7 Å². The number of carbonyl (C=O) groups excluding carboxylic acids is 5. The van der Waals surface area contributed by atoms with E-state index in [9.17, 15) is 29.1 Å². The zero-order valence-corrected chi connectivity index (χ0v) is 19.6. The molecular weight excluding hydrogens is 428 g/mol. The van der Waals surface area contributed by atoms with E-state index in [-0.39, 0.29) is 48.6 Å². The van der Waals surface area contributed by atoms with Crippen molar-refractivity contribution in [3.63, 3.8) is 0 Å². The van der Waals surface area contributed by atoms with Gasteiger partial charge in [-0.1, -0.05) is 19.4 Å². The smallest absolute Gasteiger partial charge is 0.303 e. The van der Waals surface area contributed by atoms with Crippen molar-refractivity contribution in [2.45, 2.75) is 77.9 Å². The van der Waals surface area contributed by atoms with Crippen LogP contribution >= 0.6 is 0 Å². The maximum atomic E-state index is 13.7.